The predicted molar refractivity (Wildman–Crippen MR) is 133 cm³/mol. The Balaban J connectivity index is 1.47. The molecule has 0 aliphatic rings. The fraction of sp³-hybridized carbons (Fsp3) is 0.0769. The predicted octanol–water partition coefficient (Wildman–Crippen LogP) is 4.00. The summed E-state index contributed by atoms with van der Waals surface area (Å²) in [6.45, 7) is 1.53. The van der Waals surface area contributed by atoms with Crippen LogP contribution in [0.15, 0.2) is 90.2 Å². The number of nitrogens with one attached hydrogen (secondary N) is 3. The number of aromatic nitrogens is 1. The summed E-state index contributed by atoms with van der Waals surface area (Å²) in [5.74, 6) is -0.776. The Bertz CT molecular complexity index is 1380. The molecule has 0 spiro atoms. The highest BCUT2D eigenvalue weighted by atomic mass is 16.2. The highest BCUT2D eigenvalue weighted by molar-refractivity contribution is 6.02. The maximum absolute atomic E-state index is 12.5. The molecular weight excluding hydrogens is 430 g/mol. The van der Waals surface area contributed by atoms with Gasteiger partial charge in [0.1, 0.15) is 6.54 Å². The van der Waals surface area contributed by atoms with Crippen LogP contribution in [0.2, 0.25) is 0 Å². The second kappa shape index (κ2) is 10.3. The molecule has 170 valence electrons. The number of benzene rings is 3. The zero-order valence-corrected chi connectivity index (χ0v) is 18.5. The molecule has 3 aromatic carbocycles. The molecule has 3 N–H and O–H groups in total. The number of hydrogen-bond acceptors (Lipinski definition) is 4. The van der Waals surface area contributed by atoms with Gasteiger partial charge in [-0.15, -0.1) is 0 Å². The SMILES string of the molecule is CC(=O)Nc1cccc(C(=O)NN=Cc2cn(CC(=O)Nc3ccccc3)c3ccccc23)c1. The maximum atomic E-state index is 12.5. The second-order valence-electron chi connectivity index (χ2n) is 7.60. The van der Waals surface area contributed by atoms with E-state index in [1.807, 2.05) is 65.4 Å². The van der Waals surface area contributed by atoms with Crippen LogP contribution in [-0.2, 0) is 16.1 Å². The number of para-hydroxylation sites is 2. The van der Waals surface area contributed by atoms with Gasteiger partial charge in [0, 0.05) is 46.5 Å². The van der Waals surface area contributed by atoms with E-state index in [1.54, 1.807) is 30.5 Å². The highest BCUT2D eigenvalue weighted by Gasteiger charge is 2.11. The molecule has 8 nitrogen and oxygen atoms in total. The molecule has 0 aliphatic heterocycles. The third-order valence-corrected chi connectivity index (χ3v) is 5.01. The van der Waals surface area contributed by atoms with Gasteiger partial charge in [-0.25, -0.2) is 5.43 Å². The topological polar surface area (TPSA) is 105 Å². The van der Waals surface area contributed by atoms with Crippen LogP contribution in [-0.4, -0.2) is 28.5 Å². The van der Waals surface area contributed by atoms with Crippen molar-refractivity contribution >= 4 is 46.2 Å². The van der Waals surface area contributed by atoms with Crippen molar-refractivity contribution in [1.29, 1.82) is 0 Å². The lowest BCUT2D eigenvalue weighted by Gasteiger charge is -2.07. The third kappa shape index (κ3) is 5.55. The number of nitrogens with zero attached hydrogens (tertiary/aromatic N) is 2. The van der Waals surface area contributed by atoms with Gasteiger partial charge >= 0.3 is 0 Å². The van der Waals surface area contributed by atoms with E-state index in [0.717, 1.165) is 22.2 Å². The molecule has 8 heteroatoms. The number of carbonyl (C=O) groups excluding carboxylic acids is 3. The van der Waals surface area contributed by atoms with Crippen molar-refractivity contribution in [2.24, 2.45) is 5.10 Å². The number of rotatable bonds is 7. The molecule has 0 aliphatic carbocycles. The lowest BCUT2D eigenvalue weighted by molar-refractivity contribution is -0.116. The molecule has 0 fully saturated rings. The Kier molecular flexibility index (Phi) is 6.78. The molecule has 0 saturated heterocycles. The highest BCUT2D eigenvalue weighted by Crippen LogP contribution is 2.20. The zero-order chi connectivity index (χ0) is 23.9. The van der Waals surface area contributed by atoms with Crippen molar-refractivity contribution in [1.82, 2.24) is 9.99 Å². The molecule has 1 aromatic heterocycles. The third-order valence-electron chi connectivity index (χ3n) is 5.01. The lowest BCUT2D eigenvalue weighted by atomic mass is 10.2. The average Bonchev–Trinajstić information content (AvgIpc) is 3.16. The van der Waals surface area contributed by atoms with Crippen molar-refractivity contribution in [2.75, 3.05) is 10.6 Å². The summed E-state index contributed by atoms with van der Waals surface area (Å²) in [5.41, 5.74) is 5.77. The minimum absolute atomic E-state index is 0.131. The largest absolute Gasteiger partial charge is 0.337 e. The number of hydrazone groups is 1. The van der Waals surface area contributed by atoms with Crippen LogP contribution in [0.25, 0.3) is 10.9 Å². The average molecular weight is 454 g/mol. The van der Waals surface area contributed by atoms with E-state index >= 15 is 0 Å². The van der Waals surface area contributed by atoms with E-state index in [9.17, 15) is 14.4 Å². The van der Waals surface area contributed by atoms with E-state index in [-0.39, 0.29) is 18.4 Å². The first kappa shape index (κ1) is 22.5. The summed E-state index contributed by atoms with van der Waals surface area (Å²) in [7, 11) is 0. The quantitative estimate of drug-likeness (QED) is 0.291. The van der Waals surface area contributed by atoms with Crippen LogP contribution < -0.4 is 16.1 Å². The Morgan fingerprint density at radius 1 is 0.882 bits per heavy atom. The van der Waals surface area contributed by atoms with Crippen molar-refractivity contribution in [3.05, 3.63) is 96.2 Å². The molecule has 4 rings (SSSR count). The Morgan fingerprint density at radius 2 is 1.62 bits per heavy atom. The van der Waals surface area contributed by atoms with E-state index < -0.39 is 5.91 Å². The van der Waals surface area contributed by atoms with E-state index in [4.69, 9.17) is 0 Å². The van der Waals surface area contributed by atoms with Gasteiger partial charge < -0.3 is 15.2 Å². The van der Waals surface area contributed by atoms with Gasteiger partial charge in [0.2, 0.25) is 11.8 Å². The van der Waals surface area contributed by atoms with Gasteiger partial charge in [0.15, 0.2) is 0 Å². The molecule has 3 amide bonds. The monoisotopic (exact) mass is 453 g/mol. The summed E-state index contributed by atoms with van der Waals surface area (Å²) in [6.07, 6.45) is 3.37. The Morgan fingerprint density at radius 3 is 2.41 bits per heavy atom. The molecule has 0 atom stereocenters. The van der Waals surface area contributed by atoms with Crippen molar-refractivity contribution in [3.63, 3.8) is 0 Å². The molecule has 1 heterocycles. The van der Waals surface area contributed by atoms with Gasteiger partial charge in [-0.3, -0.25) is 14.4 Å². The molecule has 34 heavy (non-hydrogen) atoms. The van der Waals surface area contributed by atoms with Gasteiger partial charge in [-0.1, -0.05) is 42.5 Å². The normalized spacial score (nSPS) is 10.9. The van der Waals surface area contributed by atoms with E-state index in [1.165, 1.54) is 6.92 Å². The van der Waals surface area contributed by atoms with Crippen LogP contribution in [0.1, 0.15) is 22.8 Å². The number of anilines is 2. The molecule has 4 aromatic rings. The van der Waals surface area contributed by atoms with E-state index in [0.29, 0.717) is 11.3 Å². The van der Waals surface area contributed by atoms with Gasteiger partial charge in [-0.05, 0) is 36.4 Å². The van der Waals surface area contributed by atoms with Crippen LogP contribution in [0, 0.1) is 0 Å². The lowest BCUT2D eigenvalue weighted by Crippen LogP contribution is -2.18. The number of fused-ring (bicyclic) bond motifs is 1. The van der Waals surface area contributed by atoms with Crippen LogP contribution in [0.3, 0.4) is 0 Å². The summed E-state index contributed by atoms with van der Waals surface area (Å²) in [4.78, 5) is 36.2. The first-order valence-electron chi connectivity index (χ1n) is 10.6. The van der Waals surface area contributed by atoms with Crippen molar-refractivity contribution in [2.45, 2.75) is 13.5 Å². The van der Waals surface area contributed by atoms with Crippen LogP contribution in [0.5, 0.6) is 0 Å². The van der Waals surface area contributed by atoms with Gasteiger partial charge in [0.25, 0.3) is 5.91 Å². The summed E-state index contributed by atoms with van der Waals surface area (Å²) >= 11 is 0. The minimum atomic E-state index is -0.408. The van der Waals surface area contributed by atoms with Gasteiger partial charge in [0.05, 0.1) is 6.21 Å². The molecule has 0 bridgehead atoms. The summed E-state index contributed by atoms with van der Waals surface area (Å²) < 4.78 is 1.84. The Hall–Kier alpha value is -4.72. The first-order valence-corrected chi connectivity index (χ1v) is 10.6. The fourth-order valence-electron chi connectivity index (χ4n) is 3.55. The molecular formula is C26H23N5O3. The van der Waals surface area contributed by atoms with E-state index in [2.05, 4.69) is 21.2 Å². The van der Waals surface area contributed by atoms with Crippen molar-refractivity contribution in [3.8, 4) is 0 Å². The smallest absolute Gasteiger partial charge is 0.271 e. The number of amides is 3. The number of carbonyl (C=O) groups is 3. The molecule has 0 radical (unpaired) electrons. The maximum Gasteiger partial charge on any atom is 0.271 e. The minimum Gasteiger partial charge on any atom is -0.337 e. The molecule has 0 unspecified atom stereocenters. The van der Waals surface area contributed by atoms with Gasteiger partial charge in [-0.2, -0.15) is 5.10 Å². The van der Waals surface area contributed by atoms with Crippen LogP contribution >= 0.6 is 0 Å². The molecule has 0 saturated carbocycles. The fourth-order valence-corrected chi connectivity index (χ4v) is 3.55. The standard InChI is InChI=1S/C26H23N5O3/c1-18(32)28-22-11-7-8-19(14-22)26(34)30-27-15-20-16-31(24-13-6-5-12-23(20)24)17-25(33)29-21-9-3-2-4-10-21/h2-16H,17H2,1H3,(H,28,32)(H,29,33)(H,30,34). The first-order chi connectivity index (χ1) is 16.5. The van der Waals surface area contributed by atoms with Crippen molar-refractivity contribution < 1.29 is 14.4 Å². The number of hydrogen-bond donors (Lipinski definition) is 3. The Labute approximate surface area is 196 Å². The zero-order valence-electron chi connectivity index (χ0n) is 18.5. The second-order valence-corrected chi connectivity index (χ2v) is 7.60. The summed E-state index contributed by atoms with van der Waals surface area (Å²) in [5, 5.41) is 10.5. The summed E-state index contributed by atoms with van der Waals surface area (Å²) in [6, 6.07) is 23.5. The van der Waals surface area contributed by atoms with Crippen LogP contribution in [0.4, 0.5) is 11.4 Å².